The van der Waals surface area contributed by atoms with Crippen LogP contribution in [0.2, 0.25) is 0 Å². The highest BCUT2D eigenvalue weighted by molar-refractivity contribution is 5.93. The monoisotopic (exact) mass is 312 g/mol. The van der Waals surface area contributed by atoms with Crippen molar-refractivity contribution < 1.29 is 4.74 Å². The fourth-order valence-electron chi connectivity index (χ4n) is 2.29. The molecule has 2 rings (SSSR count). The van der Waals surface area contributed by atoms with Gasteiger partial charge in [0.15, 0.2) is 5.96 Å². The van der Waals surface area contributed by atoms with Crippen LogP contribution in [-0.2, 0) is 13.1 Å². The quantitative estimate of drug-likeness (QED) is 0.636. The molecule has 5 nitrogen and oxygen atoms in total. The summed E-state index contributed by atoms with van der Waals surface area (Å²) in [5.74, 6) is 1.10. The number of anilines is 1. The number of hydrogen-bond donors (Lipinski definition) is 2. The van der Waals surface area contributed by atoms with Gasteiger partial charge in [0.25, 0.3) is 0 Å². The molecule has 0 unspecified atom stereocenters. The predicted octanol–water partition coefficient (Wildman–Crippen LogP) is 2.68. The van der Waals surface area contributed by atoms with Crippen molar-refractivity contribution in [1.82, 2.24) is 4.90 Å². The van der Waals surface area contributed by atoms with E-state index in [1.807, 2.05) is 30.3 Å². The van der Waals surface area contributed by atoms with Gasteiger partial charge < -0.3 is 20.7 Å². The molecule has 3 N–H and O–H groups in total. The number of para-hydroxylation sites is 2. The minimum atomic E-state index is 0.368. The van der Waals surface area contributed by atoms with Crippen molar-refractivity contribution in [2.75, 3.05) is 26.5 Å². The number of rotatable bonds is 6. The number of nitrogens with two attached hydrogens (primary N) is 1. The maximum atomic E-state index is 5.97. The molecule has 0 radical (unpaired) electrons. The SMILES string of the molecule is COc1ccccc1NC(N)=NCc1cccc(CN(C)C)c1. The Balaban J connectivity index is 2.02. The van der Waals surface area contributed by atoms with Crippen LogP contribution in [0.3, 0.4) is 0 Å². The Labute approximate surface area is 137 Å². The van der Waals surface area contributed by atoms with Gasteiger partial charge in [-0.15, -0.1) is 0 Å². The van der Waals surface area contributed by atoms with Gasteiger partial charge in [-0.25, -0.2) is 4.99 Å². The van der Waals surface area contributed by atoms with Crippen LogP contribution in [0.25, 0.3) is 0 Å². The van der Waals surface area contributed by atoms with Crippen LogP contribution in [0.5, 0.6) is 5.75 Å². The van der Waals surface area contributed by atoms with Crippen LogP contribution >= 0.6 is 0 Å². The molecular weight excluding hydrogens is 288 g/mol. The van der Waals surface area contributed by atoms with Gasteiger partial charge in [-0.3, -0.25) is 0 Å². The smallest absolute Gasteiger partial charge is 0.193 e. The molecule has 5 heteroatoms. The second kappa shape index (κ2) is 8.19. The minimum absolute atomic E-state index is 0.368. The van der Waals surface area contributed by atoms with Crippen molar-refractivity contribution in [1.29, 1.82) is 0 Å². The van der Waals surface area contributed by atoms with Gasteiger partial charge in [0.05, 0.1) is 19.3 Å². The first kappa shape index (κ1) is 16.8. The zero-order valence-electron chi connectivity index (χ0n) is 13.9. The van der Waals surface area contributed by atoms with Crippen molar-refractivity contribution in [2.24, 2.45) is 10.7 Å². The summed E-state index contributed by atoms with van der Waals surface area (Å²) in [4.78, 5) is 6.54. The summed E-state index contributed by atoms with van der Waals surface area (Å²) >= 11 is 0. The fraction of sp³-hybridized carbons (Fsp3) is 0.278. The van der Waals surface area contributed by atoms with Crippen molar-refractivity contribution in [3.8, 4) is 5.75 Å². The molecule has 0 spiro atoms. The largest absolute Gasteiger partial charge is 0.495 e. The summed E-state index contributed by atoms with van der Waals surface area (Å²) in [7, 11) is 5.74. The number of ether oxygens (including phenoxy) is 1. The molecule has 0 saturated carbocycles. The van der Waals surface area contributed by atoms with E-state index in [4.69, 9.17) is 10.5 Å². The molecule has 23 heavy (non-hydrogen) atoms. The normalized spacial score (nSPS) is 11.6. The number of nitrogens with one attached hydrogen (secondary N) is 1. The van der Waals surface area contributed by atoms with Crippen LogP contribution in [-0.4, -0.2) is 32.1 Å². The van der Waals surface area contributed by atoms with Crippen molar-refractivity contribution in [3.05, 3.63) is 59.7 Å². The van der Waals surface area contributed by atoms with E-state index in [-0.39, 0.29) is 0 Å². The maximum absolute atomic E-state index is 5.97. The lowest BCUT2D eigenvalue weighted by molar-refractivity contribution is 0.402. The lowest BCUT2D eigenvalue weighted by Gasteiger charge is -2.11. The van der Waals surface area contributed by atoms with E-state index in [0.717, 1.165) is 23.5 Å². The van der Waals surface area contributed by atoms with Crippen LogP contribution in [0.1, 0.15) is 11.1 Å². The number of benzene rings is 2. The average Bonchev–Trinajstić information content (AvgIpc) is 2.53. The van der Waals surface area contributed by atoms with Crippen LogP contribution < -0.4 is 15.8 Å². The number of guanidine groups is 1. The molecule has 0 atom stereocenters. The van der Waals surface area contributed by atoms with Crippen molar-refractivity contribution >= 4 is 11.6 Å². The lowest BCUT2D eigenvalue weighted by atomic mass is 10.1. The summed E-state index contributed by atoms with van der Waals surface area (Å²) in [5.41, 5.74) is 9.17. The van der Waals surface area contributed by atoms with Crippen molar-refractivity contribution in [2.45, 2.75) is 13.1 Å². The third-order valence-corrected chi connectivity index (χ3v) is 3.29. The van der Waals surface area contributed by atoms with E-state index < -0.39 is 0 Å². The molecule has 0 aliphatic carbocycles. The highest BCUT2D eigenvalue weighted by Gasteiger charge is 2.02. The zero-order valence-corrected chi connectivity index (χ0v) is 13.9. The molecule has 0 amide bonds. The molecule has 122 valence electrons. The molecule has 0 bridgehead atoms. The Morgan fingerprint density at radius 2 is 1.87 bits per heavy atom. The number of aliphatic imine (C=N–C) groups is 1. The molecule has 0 heterocycles. The first-order chi connectivity index (χ1) is 11.1. The number of nitrogens with zero attached hydrogens (tertiary/aromatic N) is 2. The average molecular weight is 312 g/mol. The first-order valence-electron chi connectivity index (χ1n) is 7.51. The molecule has 0 aliphatic rings. The van der Waals surface area contributed by atoms with Crippen LogP contribution in [0, 0.1) is 0 Å². The maximum Gasteiger partial charge on any atom is 0.193 e. The minimum Gasteiger partial charge on any atom is -0.495 e. The van der Waals surface area contributed by atoms with Gasteiger partial charge in [-0.05, 0) is 37.4 Å². The van der Waals surface area contributed by atoms with E-state index in [9.17, 15) is 0 Å². The van der Waals surface area contributed by atoms with Gasteiger partial charge in [0.2, 0.25) is 0 Å². The predicted molar refractivity (Wildman–Crippen MR) is 95.8 cm³/mol. The van der Waals surface area contributed by atoms with Gasteiger partial charge in [0.1, 0.15) is 5.75 Å². The lowest BCUT2D eigenvalue weighted by Crippen LogP contribution is -2.23. The zero-order chi connectivity index (χ0) is 16.7. The molecule has 0 saturated heterocycles. The number of hydrogen-bond acceptors (Lipinski definition) is 3. The van der Waals surface area contributed by atoms with E-state index >= 15 is 0 Å². The van der Waals surface area contributed by atoms with Crippen LogP contribution in [0.4, 0.5) is 5.69 Å². The molecular formula is C18H24N4O. The van der Waals surface area contributed by atoms with E-state index in [1.54, 1.807) is 7.11 Å². The summed E-state index contributed by atoms with van der Waals surface area (Å²) in [6, 6.07) is 16.0. The van der Waals surface area contributed by atoms with Crippen LogP contribution in [0.15, 0.2) is 53.5 Å². The Morgan fingerprint density at radius 1 is 1.13 bits per heavy atom. The summed E-state index contributed by atoms with van der Waals surface area (Å²) < 4.78 is 5.28. The van der Waals surface area contributed by atoms with E-state index in [2.05, 4.69) is 47.5 Å². The van der Waals surface area contributed by atoms with Crippen molar-refractivity contribution in [3.63, 3.8) is 0 Å². The Morgan fingerprint density at radius 3 is 2.61 bits per heavy atom. The number of methoxy groups -OCH3 is 1. The first-order valence-corrected chi connectivity index (χ1v) is 7.51. The summed E-state index contributed by atoms with van der Waals surface area (Å²) in [6.45, 7) is 1.45. The Bertz CT molecular complexity index is 668. The Hall–Kier alpha value is -2.53. The second-order valence-corrected chi connectivity index (χ2v) is 5.58. The summed E-state index contributed by atoms with van der Waals surface area (Å²) in [5, 5.41) is 3.07. The molecule has 0 aromatic heterocycles. The molecule has 2 aromatic carbocycles. The highest BCUT2D eigenvalue weighted by Crippen LogP contribution is 2.22. The summed E-state index contributed by atoms with van der Waals surface area (Å²) in [6.07, 6.45) is 0. The van der Waals surface area contributed by atoms with E-state index in [1.165, 1.54) is 5.56 Å². The van der Waals surface area contributed by atoms with Gasteiger partial charge in [-0.1, -0.05) is 36.4 Å². The second-order valence-electron chi connectivity index (χ2n) is 5.58. The Kier molecular flexibility index (Phi) is 6.00. The van der Waals surface area contributed by atoms with E-state index in [0.29, 0.717) is 12.5 Å². The van der Waals surface area contributed by atoms with Gasteiger partial charge in [0, 0.05) is 6.54 Å². The molecule has 2 aromatic rings. The molecule has 0 aliphatic heterocycles. The fourth-order valence-corrected chi connectivity index (χ4v) is 2.29. The van der Waals surface area contributed by atoms with Gasteiger partial charge >= 0.3 is 0 Å². The highest BCUT2D eigenvalue weighted by atomic mass is 16.5. The third kappa shape index (κ3) is 5.30. The standard InChI is InChI=1S/C18H24N4O/c1-22(2)13-15-8-6-7-14(11-15)12-20-18(19)21-16-9-4-5-10-17(16)23-3/h4-11H,12-13H2,1-3H3,(H3,19,20,21). The van der Waals surface area contributed by atoms with Gasteiger partial charge in [-0.2, -0.15) is 0 Å². The molecule has 0 fully saturated rings. The topological polar surface area (TPSA) is 62.9 Å². The third-order valence-electron chi connectivity index (χ3n) is 3.29.